The van der Waals surface area contributed by atoms with Crippen LogP contribution in [0.25, 0.3) is 0 Å². The summed E-state index contributed by atoms with van der Waals surface area (Å²) in [6.45, 7) is 5.64. The van der Waals surface area contributed by atoms with Gasteiger partial charge >= 0.3 is 0 Å². The van der Waals surface area contributed by atoms with Crippen LogP contribution in [0.4, 0.5) is 0 Å². The van der Waals surface area contributed by atoms with Crippen LogP contribution in [0.15, 0.2) is 16.6 Å². The fourth-order valence-electron chi connectivity index (χ4n) is 1.84. The van der Waals surface area contributed by atoms with Crippen LogP contribution in [-0.2, 0) is 12.0 Å². The van der Waals surface area contributed by atoms with Crippen molar-refractivity contribution in [2.75, 3.05) is 0 Å². The number of halogens is 1. The molecule has 82 valence electrons. The van der Waals surface area contributed by atoms with Gasteiger partial charge in [-0.3, -0.25) is 0 Å². The van der Waals surface area contributed by atoms with Gasteiger partial charge in [-0.2, -0.15) is 0 Å². The Hall–Kier alpha value is -0.540. The molecule has 15 heavy (non-hydrogen) atoms. The van der Waals surface area contributed by atoms with Gasteiger partial charge in [0, 0.05) is 6.42 Å². The highest BCUT2D eigenvalue weighted by molar-refractivity contribution is 9.10. The maximum absolute atomic E-state index is 9.95. The van der Waals surface area contributed by atoms with Crippen LogP contribution in [0.2, 0.25) is 0 Å². The topological polar surface area (TPSA) is 29.5 Å². The highest BCUT2D eigenvalue weighted by Gasteiger charge is 2.25. The van der Waals surface area contributed by atoms with Gasteiger partial charge in [-0.05, 0) is 60.0 Å². The van der Waals surface area contributed by atoms with Crippen molar-refractivity contribution in [2.24, 2.45) is 0 Å². The molecule has 1 aromatic carbocycles. The fourth-order valence-corrected chi connectivity index (χ4v) is 2.43. The smallest absolute Gasteiger partial charge is 0.137 e. The molecule has 0 bridgehead atoms. The van der Waals surface area contributed by atoms with E-state index in [-0.39, 0.29) is 6.10 Å². The molecule has 1 heterocycles. The summed E-state index contributed by atoms with van der Waals surface area (Å²) in [4.78, 5) is 0. The van der Waals surface area contributed by atoms with Gasteiger partial charge in [0.2, 0.25) is 0 Å². The summed E-state index contributed by atoms with van der Waals surface area (Å²) >= 11 is 3.48. The van der Waals surface area contributed by atoms with Gasteiger partial charge in [0.1, 0.15) is 11.9 Å². The van der Waals surface area contributed by atoms with Crippen LogP contribution >= 0.6 is 15.9 Å². The Labute approximate surface area is 98.4 Å². The molecule has 1 unspecified atom stereocenters. The largest absolute Gasteiger partial charge is 0.489 e. The van der Waals surface area contributed by atoms with Gasteiger partial charge in [0.05, 0.1) is 10.1 Å². The molecule has 0 fully saturated rings. The van der Waals surface area contributed by atoms with E-state index in [4.69, 9.17) is 4.74 Å². The minimum absolute atomic E-state index is 0.230. The Morgan fingerprint density at radius 2 is 2.13 bits per heavy atom. The average Bonchev–Trinajstić information content (AvgIpc) is 2.44. The lowest BCUT2D eigenvalue weighted by Crippen LogP contribution is -2.15. The van der Waals surface area contributed by atoms with Crippen LogP contribution in [0, 0.1) is 0 Å². The third kappa shape index (κ3) is 2.04. The van der Waals surface area contributed by atoms with E-state index in [1.54, 1.807) is 13.8 Å². The molecule has 0 spiro atoms. The second kappa shape index (κ2) is 3.49. The van der Waals surface area contributed by atoms with E-state index in [2.05, 4.69) is 22.9 Å². The second-order valence-corrected chi connectivity index (χ2v) is 5.49. The Morgan fingerprint density at radius 3 is 2.73 bits per heavy atom. The van der Waals surface area contributed by atoms with Crippen molar-refractivity contribution in [2.45, 2.75) is 38.9 Å². The summed E-state index contributed by atoms with van der Waals surface area (Å²) in [5.74, 6) is 0.926. The van der Waals surface area contributed by atoms with E-state index in [1.807, 2.05) is 12.1 Å². The maximum Gasteiger partial charge on any atom is 0.137 e. The van der Waals surface area contributed by atoms with Crippen molar-refractivity contribution in [1.29, 1.82) is 0 Å². The third-order valence-electron chi connectivity index (χ3n) is 2.65. The average molecular weight is 271 g/mol. The van der Waals surface area contributed by atoms with Crippen LogP contribution in [0.1, 0.15) is 31.9 Å². The van der Waals surface area contributed by atoms with Gasteiger partial charge < -0.3 is 9.84 Å². The number of hydrogen-bond donors (Lipinski definition) is 1. The summed E-state index contributed by atoms with van der Waals surface area (Å²) in [5.41, 5.74) is 1.29. The molecule has 0 amide bonds. The molecule has 0 radical (unpaired) electrons. The van der Waals surface area contributed by atoms with E-state index in [9.17, 15) is 5.11 Å². The lowest BCUT2D eigenvalue weighted by Gasteiger charge is -2.19. The van der Waals surface area contributed by atoms with E-state index in [0.717, 1.165) is 22.2 Å². The number of aliphatic hydroxyl groups is 1. The van der Waals surface area contributed by atoms with Gasteiger partial charge in [-0.25, -0.2) is 0 Å². The molecule has 2 nitrogen and oxygen atoms in total. The second-order valence-electron chi connectivity index (χ2n) is 4.64. The van der Waals surface area contributed by atoms with E-state index in [1.165, 1.54) is 5.56 Å². The minimum atomic E-state index is -0.802. The number of rotatable bonds is 1. The van der Waals surface area contributed by atoms with E-state index in [0.29, 0.717) is 0 Å². The molecule has 0 aromatic heterocycles. The summed E-state index contributed by atoms with van der Waals surface area (Å²) in [6.07, 6.45) is 1.14. The summed E-state index contributed by atoms with van der Waals surface area (Å²) < 4.78 is 6.61. The Bertz CT molecular complexity index is 393. The zero-order chi connectivity index (χ0) is 11.2. The Kier molecular flexibility index (Phi) is 2.55. The maximum atomic E-state index is 9.95. The molecule has 3 heteroatoms. The fraction of sp³-hybridized carbons (Fsp3) is 0.500. The monoisotopic (exact) mass is 270 g/mol. The molecule has 1 aromatic rings. The predicted octanol–water partition coefficient (Wildman–Crippen LogP) is 3.00. The summed E-state index contributed by atoms with van der Waals surface area (Å²) in [7, 11) is 0. The standard InChI is InChI=1S/C12H15BrO2/c1-7-4-8-5-9(12(2,3)14)6-10(13)11(8)15-7/h5-7,14H,4H2,1-3H3. The minimum Gasteiger partial charge on any atom is -0.489 e. The lowest BCUT2D eigenvalue weighted by atomic mass is 9.95. The zero-order valence-corrected chi connectivity index (χ0v) is 10.8. The predicted molar refractivity (Wildman–Crippen MR) is 63.2 cm³/mol. The first kappa shape index (κ1) is 11.0. The lowest BCUT2D eigenvalue weighted by molar-refractivity contribution is 0.0784. The molecule has 1 aliphatic rings. The molecule has 0 saturated carbocycles. The van der Waals surface area contributed by atoms with Gasteiger partial charge in [0.25, 0.3) is 0 Å². The number of hydrogen-bond acceptors (Lipinski definition) is 2. The van der Waals surface area contributed by atoms with Gasteiger partial charge in [-0.15, -0.1) is 0 Å². The molecule has 0 aliphatic carbocycles. The van der Waals surface area contributed by atoms with Crippen LogP contribution < -0.4 is 4.74 Å². The number of ether oxygens (including phenoxy) is 1. The van der Waals surface area contributed by atoms with Gasteiger partial charge in [0.15, 0.2) is 0 Å². The van der Waals surface area contributed by atoms with Crippen LogP contribution in [0.3, 0.4) is 0 Å². The van der Waals surface area contributed by atoms with E-state index < -0.39 is 5.60 Å². The Morgan fingerprint density at radius 1 is 1.47 bits per heavy atom. The Balaban J connectivity index is 2.49. The van der Waals surface area contributed by atoms with Crippen LogP contribution in [0.5, 0.6) is 5.75 Å². The quantitative estimate of drug-likeness (QED) is 0.850. The number of benzene rings is 1. The van der Waals surface area contributed by atoms with Crippen molar-refractivity contribution in [3.05, 3.63) is 27.7 Å². The molecule has 1 aliphatic heterocycles. The van der Waals surface area contributed by atoms with Gasteiger partial charge in [-0.1, -0.05) is 0 Å². The van der Waals surface area contributed by atoms with Crippen molar-refractivity contribution in [3.63, 3.8) is 0 Å². The van der Waals surface area contributed by atoms with Crippen molar-refractivity contribution in [1.82, 2.24) is 0 Å². The van der Waals surface area contributed by atoms with Crippen molar-refractivity contribution >= 4 is 15.9 Å². The molecular formula is C12H15BrO2. The summed E-state index contributed by atoms with van der Waals surface area (Å²) in [5, 5.41) is 9.95. The summed E-state index contributed by atoms with van der Waals surface area (Å²) in [6, 6.07) is 3.96. The van der Waals surface area contributed by atoms with E-state index >= 15 is 0 Å². The SMILES string of the molecule is CC1Cc2cc(C(C)(C)O)cc(Br)c2O1. The highest BCUT2D eigenvalue weighted by Crippen LogP contribution is 2.39. The normalized spacial score (nSPS) is 19.9. The molecule has 1 atom stereocenters. The number of fused-ring (bicyclic) bond motifs is 1. The van der Waals surface area contributed by atoms with Crippen molar-refractivity contribution < 1.29 is 9.84 Å². The molecule has 2 rings (SSSR count). The van der Waals surface area contributed by atoms with Crippen LogP contribution in [-0.4, -0.2) is 11.2 Å². The third-order valence-corrected chi connectivity index (χ3v) is 3.24. The first-order valence-corrected chi connectivity index (χ1v) is 5.89. The first-order chi connectivity index (χ1) is 6.88. The highest BCUT2D eigenvalue weighted by atomic mass is 79.9. The molecule has 0 saturated heterocycles. The first-order valence-electron chi connectivity index (χ1n) is 5.10. The molecule has 1 N–H and O–H groups in total. The molecular weight excluding hydrogens is 256 g/mol. The zero-order valence-electron chi connectivity index (χ0n) is 9.17. The van der Waals surface area contributed by atoms with Crippen molar-refractivity contribution in [3.8, 4) is 5.75 Å².